The summed E-state index contributed by atoms with van der Waals surface area (Å²) >= 11 is 2.15. The Morgan fingerprint density at radius 3 is 2.61 bits per heavy atom. The number of hydrogen-bond donors (Lipinski definition) is 1. The minimum atomic E-state index is -0.529. The molecule has 0 radical (unpaired) electrons. The minimum Gasteiger partial charge on any atom is -0.319 e. The van der Waals surface area contributed by atoms with E-state index in [1.807, 2.05) is 12.1 Å². The number of amides is 1. The van der Waals surface area contributed by atoms with Gasteiger partial charge >= 0.3 is 0 Å². The molecule has 0 aliphatic rings. The third-order valence-corrected chi connectivity index (χ3v) is 3.89. The molecular formula is C15H11FIN5O. The lowest BCUT2D eigenvalue weighted by Crippen LogP contribution is -2.13. The largest absolute Gasteiger partial charge is 0.319 e. The van der Waals surface area contributed by atoms with Gasteiger partial charge in [0.1, 0.15) is 5.82 Å². The fraction of sp³-hybridized carbons (Fsp3) is 0.0667. The summed E-state index contributed by atoms with van der Waals surface area (Å²) < 4.78 is 16.4. The Balaban J connectivity index is 1.89. The number of tetrazole rings is 1. The highest BCUT2D eigenvalue weighted by Crippen LogP contribution is 2.20. The number of carbonyl (C=O) groups is 1. The van der Waals surface area contributed by atoms with Gasteiger partial charge in [0.2, 0.25) is 0 Å². The maximum absolute atomic E-state index is 14.0. The van der Waals surface area contributed by atoms with Crippen molar-refractivity contribution < 1.29 is 9.18 Å². The Morgan fingerprint density at radius 1 is 1.22 bits per heavy atom. The molecule has 6 nitrogen and oxygen atoms in total. The van der Waals surface area contributed by atoms with E-state index < -0.39 is 5.82 Å². The number of carbonyl (C=O) groups excluding carboxylic acids is 1. The zero-order valence-electron chi connectivity index (χ0n) is 12.0. The molecule has 8 heteroatoms. The second-order valence-electron chi connectivity index (χ2n) is 4.76. The summed E-state index contributed by atoms with van der Waals surface area (Å²) in [5.41, 5.74) is 1.08. The van der Waals surface area contributed by atoms with Crippen molar-refractivity contribution in [3.8, 4) is 5.69 Å². The molecule has 0 aliphatic heterocycles. The lowest BCUT2D eigenvalue weighted by atomic mass is 10.2. The highest BCUT2D eigenvalue weighted by molar-refractivity contribution is 14.1. The van der Waals surface area contributed by atoms with Gasteiger partial charge in [-0.25, -0.2) is 4.39 Å². The molecule has 1 N–H and O–H groups in total. The van der Waals surface area contributed by atoms with Crippen LogP contribution in [-0.4, -0.2) is 26.1 Å². The summed E-state index contributed by atoms with van der Waals surface area (Å²) in [7, 11) is 0. The Morgan fingerprint density at radius 2 is 1.96 bits per heavy atom. The third kappa shape index (κ3) is 3.36. The van der Waals surface area contributed by atoms with Gasteiger partial charge in [-0.05, 0) is 82.4 Å². The molecule has 3 rings (SSSR count). The molecule has 0 saturated carbocycles. The summed E-state index contributed by atoms with van der Waals surface area (Å²) in [6.45, 7) is 1.73. The lowest BCUT2D eigenvalue weighted by Gasteiger charge is -2.09. The number of aromatic nitrogens is 4. The van der Waals surface area contributed by atoms with Gasteiger partial charge < -0.3 is 5.32 Å². The van der Waals surface area contributed by atoms with Crippen LogP contribution in [0.15, 0.2) is 42.5 Å². The van der Waals surface area contributed by atoms with E-state index in [1.165, 1.54) is 16.8 Å². The first-order valence-electron chi connectivity index (χ1n) is 6.66. The minimum absolute atomic E-state index is 0.0703. The molecule has 1 aromatic heterocycles. The van der Waals surface area contributed by atoms with Crippen molar-refractivity contribution in [2.24, 2.45) is 0 Å². The van der Waals surface area contributed by atoms with Crippen LogP contribution >= 0.6 is 22.6 Å². The van der Waals surface area contributed by atoms with E-state index in [2.05, 4.69) is 43.4 Å². The lowest BCUT2D eigenvalue weighted by molar-refractivity contribution is 0.102. The molecule has 1 heterocycles. The molecule has 23 heavy (non-hydrogen) atoms. The summed E-state index contributed by atoms with van der Waals surface area (Å²) in [6, 6.07) is 11.3. The average Bonchev–Trinajstić information content (AvgIpc) is 2.96. The number of benzene rings is 2. The Labute approximate surface area is 144 Å². The van der Waals surface area contributed by atoms with Crippen LogP contribution in [0.2, 0.25) is 0 Å². The standard InChI is InChI=1S/C15H11FIN5O/c1-9-19-20-21-22(9)12-6-7-13(16)14(8-12)18-15(23)10-2-4-11(17)5-3-10/h2-8H,1H3,(H,18,23). The van der Waals surface area contributed by atoms with Gasteiger partial charge in [-0.2, -0.15) is 4.68 Å². The Kier molecular flexibility index (Phi) is 4.33. The van der Waals surface area contributed by atoms with Gasteiger partial charge in [0, 0.05) is 9.13 Å². The fourth-order valence-electron chi connectivity index (χ4n) is 2.01. The van der Waals surface area contributed by atoms with E-state index >= 15 is 0 Å². The first kappa shape index (κ1) is 15.5. The molecule has 3 aromatic rings. The number of hydrogen-bond acceptors (Lipinski definition) is 4. The fourth-order valence-corrected chi connectivity index (χ4v) is 2.37. The van der Waals surface area contributed by atoms with Crippen LogP contribution in [0.3, 0.4) is 0 Å². The predicted molar refractivity (Wildman–Crippen MR) is 91.0 cm³/mol. The molecule has 2 aromatic carbocycles. The van der Waals surface area contributed by atoms with Crippen molar-refractivity contribution in [2.75, 3.05) is 5.32 Å². The number of aryl methyl sites for hydroxylation is 1. The van der Waals surface area contributed by atoms with Crippen molar-refractivity contribution in [3.63, 3.8) is 0 Å². The molecule has 0 bridgehead atoms. The van der Waals surface area contributed by atoms with E-state index in [1.54, 1.807) is 25.1 Å². The number of nitrogens with one attached hydrogen (secondary N) is 1. The maximum atomic E-state index is 14.0. The van der Waals surface area contributed by atoms with Gasteiger partial charge in [-0.1, -0.05) is 0 Å². The van der Waals surface area contributed by atoms with Gasteiger partial charge in [0.05, 0.1) is 11.4 Å². The van der Waals surface area contributed by atoms with Crippen LogP contribution < -0.4 is 5.32 Å². The van der Waals surface area contributed by atoms with Crippen molar-refractivity contribution in [2.45, 2.75) is 6.92 Å². The Bertz CT molecular complexity index is 863. The van der Waals surface area contributed by atoms with Crippen molar-refractivity contribution in [3.05, 3.63) is 63.2 Å². The van der Waals surface area contributed by atoms with Gasteiger partial charge in [0.15, 0.2) is 5.82 Å². The highest BCUT2D eigenvalue weighted by atomic mass is 127. The smallest absolute Gasteiger partial charge is 0.255 e. The first-order valence-corrected chi connectivity index (χ1v) is 7.74. The zero-order valence-corrected chi connectivity index (χ0v) is 14.2. The maximum Gasteiger partial charge on any atom is 0.255 e. The quantitative estimate of drug-likeness (QED) is 0.658. The van der Waals surface area contributed by atoms with Gasteiger partial charge in [-0.3, -0.25) is 4.79 Å². The number of halogens is 2. The van der Waals surface area contributed by atoms with E-state index in [4.69, 9.17) is 0 Å². The van der Waals surface area contributed by atoms with Crippen LogP contribution in [0.1, 0.15) is 16.2 Å². The summed E-state index contributed by atoms with van der Waals surface area (Å²) in [6.07, 6.45) is 0. The number of anilines is 1. The predicted octanol–water partition coefficient (Wildman–Crippen LogP) is 2.97. The van der Waals surface area contributed by atoms with Crippen LogP contribution in [-0.2, 0) is 0 Å². The van der Waals surface area contributed by atoms with Crippen LogP contribution in [0.4, 0.5) is 10.1 Å². The first-order chi connectivity index (χ1) is 11.0. The molecule has 0 aliphatic carbocycles. The molecular weight excluding hydrogens is 412 g/mol. The van der Waals surface area contributed by atoms with Crippen LogP contribution in [0, 0.1) is 16.3 Å². The van der Waals surface area contributed by atoms with E-state index in [0.717, 1.165) is 3.57 Å². The van der Waals surface area contributed by atoms with Crippen molar-refractivity contribution in [1.29, 1.82) is 0 Å². The van der Waals surface area contributed by atoms with Crippen LogP contribution in [0.5, 0.6) is 0 Å². The number of rotatable bonds is 3. The van der Waals surface area contributed by atoms with Crippen LogP contribution in [0.25, 0.3) is 5.69 Å². The molecule has 0 unspecified atom stereocenters. The zero-order chi connectivity index (χ0) is 16.4. The van der Waals surface area contributed by atoms with E-state index in [9.17, 15) is 9.18 Å². The monoisotopic (exact) mass is 423 g/mol. The topological polar surface area (TPSA) is 72.7 Å². The number of nitrogens with zero attached hydrogens (tertiary/aromatic N) is 4. The highest BCUT2D eigenvalue weighted by Gasteiger charge is 2.12. The molecule has 116 valence electrons. The molecule has 0 fully saturated rings. The summed E-state index contributed by atoms with van der Waals surface area (Å²) in [5, 5.41) is 13.7. The van der Waals surface area contributed by atoms with Gasteiger partial charge in [-0.15, -0.1) is 5.10 Å². The summed E-state index contributed by atoms with van der Waals surface area (Å²) in [4.78, 5) is 12.2. The van der Waals surface area contributed by atoms with Crippen molar-refractivity contribution >= 4 is 34.2 Å². The molecule has 0 spiro atoms. The van der Waals surface area contributed by atoms with Crippen molar-refractivity contribution in [1.82, 2.24) is 20.2 Å². The Hall–Kier alpha value is -2.36. The van der Waals surface area contributed by atoms with Gasteiger partial charge in [0.25, 0.3) is 5.91 Å². The second kappa shape index (κ2) is 6.41. The summed E-state index contributed by atoms with van der Waals surface area (Å²) in [5.74, 6) is -0.351. The third-order valence-electron chi connectivity index (χ3n) is 3.17. The SMILES string of the molecule is Cc1nnnn1-c1ccc(F)c(NC(=O)c2ccc(I)cc2)c1. The average molecular weight is 423 g/mol. The molecule has 0 atom stereocenters. The van der Waals surface area contributed by atoms with E-state index in [-0.39, 0.29) is 11.6 Å². The van der Waals surface area contributed by atoms with E-state index in [0.29, 0.717) is 17.1 Å². The molecule has 0 saturated heterocycles. The second-order valence-corrected chi connectivity index (χ2v) is 6.01. The molecule has 1 amide bonds. The normalized spacial score (nSPS) is 10.6.